The van der Waals surface area contributed by atoms with Crippen molar-refractivity contribution in [2.24, 2.45) is 0 Å². The van der Waals surface area contributed by atoms with E-state index in [1.54, 1.807) is 0 Å². The van der Waals surface area contributed by atoms with Crippen LogP contribution in [0.25, 0.3) is 93.8 Å². The molecule has 11 rings (SSSR count). The summed E-state index contributed by atoms with van der Waals surface area (Å²) in [4.78, 5) is 9.35. The van der Waals surface area contributed by atoms with Gasteiger partial charge in [-0.2, -0.15) is 0 Å². The highest BCUT2D eigenvalue weighted by Gasteiger charge is 2.36. The summed E-state index contributed by atoms with van der Waals surface area (Å²) in [5.41, 5.74) is 18.0. The van der Waals surface area contributed by atoms with Crippen LogP contribution in [-0.2, 0) is 5.41 Å². The molecule has 0 saturated carbocycles. The molecule has 0 unspecified atom stereocenters. The molecule has 3 heteroatoms. The Morgan fingerprint density at radius 3 is 1.54 bits per heavy atom. The largest absolute Gasteiger partial charge is 0.309 e. The van der Waals surface area contributed by atoms with Crippen molar-refractivity contribution in [3.63, 3.8) is 0 Å². The molecule has 0 atom stereocenters. The third kappa shape index (κ3) is 4.55. The second-order valence-corrected chi connectivity index (χ2v) is 15.0. The Morgan fingerprint density at radius 2 is 0.907 bits per heavy atom. The molecule has 54 heavy (non-hydrogen) atoms. The van der Waals surface area contributed by atoms with Crippen molar-refractivity contribution in [1.82, 2.24) is 14.5 Å². The van der Waals surface area contributed by atoms with Crippen molar-refractivity contribution in [3.8, 4) is 50.2 Å². The van der Waals surface area contributed by atoms with Crippen molar-refractivity contribution in [2.45, 2.75) is 19.3 Å². The summed E-state index contributed by atoms with van der Waals surface area (Å²) >= 11 is 0. The summed E-state index contributed by atoms with van der Waals surface area (Å²) < 4.78 is 2.38. The number of benzene rings is 7. The molecule has 1 aliphatic rings. The van der Waals surface area contributed by atoms with Crippen LogP contribution >= 0.6 is 0 Å². The molecule has 1 aliphatic carbocycles. The lowest BCUT2D eigenvalue weighted by atomic mass is 9.81. The van der Waals surface area contributed by atoms with Crippen molar-refractivity contribution < 1.29 is 0 Å². The molecular formula is C51H35N3. The van der Waals surface area contributed by atoms with E-state index in [0.29, 0.717) is 0 Å². The lowest BCUT2D eigenvalue weighted by Gasteiger charge is -2.22. The Balaban J connectivity index is 0.915. The van der Waals surface area contributed by atoms with Crippen molar-refractivity contribution in [1.29, 1.82) is 0 Å². The fourth-order valence-electron chi connectivity index (χ4n) is 8.96. The zero-order valence-electron chi connectivity index (χ0n) is 30.1. The van der Waals surface area contributed by atoms with Gasteiger partial charge in [0.1, 0.15) is 0 Å². The van der Waals surface area contributed by atoms with E-state index in [4.69, 9.17) is 4.98 Å². The first-order valence-corrected chi connectivity index (χ1v) is 18.6. The van der Waals surface area contributed by atoms with E-state index in [1.807, 2.05) is 24.5 Å². The van der Waals surface area contributed by atoms with E-state index in [2.05, 4.69) is 175 Å². The van der Waals surface area contributed by atoms with Gasteiger partial charge in [0, 0.05) is 45.0 Å². The first-order chi connectivity index (χ1) is 26.5. The summed E-state index contributed by atoms with van der Waals surface area (Å²) in [7, 11) is 0. The highest BCUT2D eigenvalue weighted by molar-refractivity contribution is 6.10. The minimum Gasteiger partial charge on any atom is -0.309 e. The van der Waals surface area contributed by atoms with Crippen molar-refractivity contribution in [3.05, 3.63) is 187 Å². The number of hydrogen-bond acceptors (Lipinski definition) is 2. The Morgan fingerprint density at radius 1 is 0.407 bits per heavy atom. The van der Waals surface area contributed by atoms with Gasteiger partial charge in [-0.3, -0.25) is 9.97 Å². The van der Waals surface area contributed by atoms with Crippen LogP contribution in [-0.4, -0.2) is 14.5 Å². The van der Waals surface area contributed by atoms with Gasteiger partial charge < -0.3 is 4.57 Å². The molecule has 0 saturated heterocycles. The molecule has 0 spiro atoms. The zero-order chi connectivity index (χ0) is 36.0. The van der Waals surface area contributed by atoms with E-state index in [1.165, 1.54) is 83.1 Å². The highest BCUT2D eigenvalue weighted by atomic mass is 15.0. The lowest BCUT2D eigenvalue weighted by molar-refractivity contribution is 0.661. The second-order valence-electron chi connectivity index (χ2n) is 15.0. The number of hydrogen-bond donors (Lipinski definition) is 0. The molecule has 0 fully saturated rings. The van der Waals surface area contributed by atoms with E-state index in [0.717, 1.165) is 21.8 Å². The van der Waals surface area contributed by atoms with E-state index in [9.17, 15) is 0 Å². The maximum Gasteiger partial charge on any atom is 0.0970 e. The minimum atomic E-state index is -0.134. The molecule has 3 nitrogen and oxygen atoms in total. The summed E-state index contributed by atoms with van der Waals surface area (Å²) in [5, 5.41) is 4.78. The Hall–Kier alpha value is -6.84. The summed E-state index contributed by atoms with van der Waals surface area (Å²) in [6.45, 7) is 4.74. The minimum absolute atomic E-state index is 0.134. The topological polar surface area (TPSA) is 30.7 Å². The van der Waals surface area contributed by atoms with Crippen LogP contribution in [0.3, 0.4) is 0 Å². The van der Waals surface area contributed by atoms with Gasteiger partial charge in [0.2, 0.25) is 0 Å². The lowest BCUT2D eigenvalue weighted by Crippen LogP contribution is -2.15. The van der Waals surface area contributed by atoms with Gasteiger partial charge in [-0.15, -0.1) is 0 Å². The first-order valence-electron chi connectivity index (χ1n) is 18.6. The molecule has 3 aromatic heterocycles. The molecule has 0 bridgehead atoms. The first kappa shape index (κ1) is 30.8. The third-order valence-electron chi connectivity index (χ3n) is 11.7. The summed E-state index contributed by atoms with van der Waals surface area (Å²) in [6.07, 6.45) is 3.69. The van der Waals surface area contributed by atoms with Crippen LogP contribution < -0.4 is 0 Å². The van der Waals surface area contributed by atoms with Gasteiger partial charge in [-0.05, 0) is 110 Å². The van der Waals surface area contributed by atoms with Crippen LogP contribution in [0, 0.1) is 0 Å². The number of fused-ring (bicyclic) bond motifs is 9. The van der Waals surface area contributed by atoms with E-state index >= 15 is 0 Å². The third-order valence-corrected chi connectivity index (χ3v) is 11.7. The van der Waals surface area contributed by atoms with Crippen LogP contribution in [0.2, 0.25) is 0 Å². The average Bonchev–Trinajstić information content (AvgIpc) is 3.68. The van der Waals surface area contributed by atoms with Crippen LogP contribution in [0.5, 0.6) is 0 Å². The predicted octanol–water partition coefficient (Wildman–Crippen LogP) is 13.2. The molecule has 0 aliphatic heterocycles. The van der Waals surface area contributed by atoms with E-state index in [-0.39, 0.29) is 5.41 Å². The SMILES string of the molecule is CC1(C)c2cc(-c3ccc(-c4cc5cccnc5c5ncccc45)cc3)ccc2-c2ccc(-c3ccc(-n4c5ccccc5c5ccccc54)cc3)cc21. The quantitative estimate of drug-likeness (QED) is 0.172. The number of pyridine rings is 2. The zero-order valence-corrected chi connectivity index (χ0v) is 30.1. The van der Waals surface area contributed by atoms with Crippen LogP contribution in [0.4, 0.5) is 0 Å². The summed E-state index contributed by atoms with van der Waals surface area (Å²) in [6, 6.07) is 59.9. The molecule has 0 radical (unpaired) electrons. The number of para-hydroxylation sites is 2. The molecule has 3 heterocycles. The smallest absolute Gasteiger partial charge is 0.0970 e. The molecular weight excluding hydrogens is 655 g/mol. The Labute approximate surface area is 313 Å². The maximum absolute atomic E-state index is 4.71. The van der Waals surface area contributed by atoms with Gasteiger partial charge in [0.05, 0.1) is 22.1 Å². The van der Waals surface area contributed by atoms with Gasteiger partial charge in [0.25, 0.3) is 0 Å². The van der Waals surface area contributed by atoms with Gasteiger partial charge in [-0.1, -0.05) is 123 Å². The van der Waals surface area contributed by atoms with Crippen molar-refractivity contribution >= 4 is 43.6 Å². The Bertz CT molecular complexity index is 3060. The fourth-order valence-corrected chi connectivity index (χ4v) is 8.96. The predicted molar refractivity (Wildman–Crippen MR) is 225 cm³/mol. The number of aromatic nitrogens is 3. The van der Waals surface area contributed by atoms with Crippen LogP contribution in [0.1, 0.15) is 25.0 Å². The standard InChI is InChI=1S/C51H35N3/c1-51(2)45-30-35(32-15-17-34(18-16-32)44-29-37-9-7-27-52-49(37)50-43(44)12-8-28-53-50)21-25-39(45)40-26-22-36(31-46(40)51)33-19-23-38(24-20-33)54-47-13-5-3-10-41(47)42-11-4-6-14-48(42)54/h3-31H,1-2H3. The highest BCUT2D eigenvalue weighted by Crippen LogP contribution is 2.51. The van der Waals surface area contributed by atoms with Gasteiger partial charge in [0.15, 0.2) is 0 Å². The van der Waals surface area contributed by atoms with Crippen LogP contribution in [0.15, 0.2) is 176 Å². The van der Waals surface area contributed by atoms with E-state index < -0.39 is 0 Å². The molecule has 0 N–H and O–H groups in total. The maximum atomic E-state index is 4.71. The monoisotopic (exact) mass is 689 g/mol. The molecule has 7 aromatic carbocycles. The van der Waals surface area contributed by atoms with Gasteiger partial charge in [-0.25, -0.2) is 0 Å². The molecule has 254 valence electrons. The fraction of sp³-hybridized carbons (Fsp3) is 0.0588. The second kappa shape index (κ2) is 11.6. The van der Waals surface area contributed by atoms with Crippen molar-refractivity contribution in [2.75, 3.05) is 0 Å². The molecule has 0 amide bonds. The summed E-state index contributed by atoms with van der Waals surface area (Å²) in [5.74, 6) is 0. The number of rotatable bonds is 4. The average molecular weight is 690 g/mol. The normalized spacial score (nSPS) is 13.1. The van der Waals surface area contributed by atoms with Gasteiger partial charge >= 0.3 is 0 Å². The molecule has 10 aromatic rings. The Kier molecular flexibility index (Phi) is 6.60. The number of nitrogens with zero attached hydrogens (tertiary/aromatic N) is 3.